The van der Waals surface area contributed by atoms with Crippen LogP contribution >= 0.6 is 0 Å². The highest BCUT2D eigenvalue weighted by molar-refractivity contribution is 5.81. The van der Waals surface area contributed by atoms with Gasteiger partial charge in [-0.2, -0.15) is 0 Å². The Morgan fingerprint density at radius 3 is 1.36 bits per heavy atom. The van der Waals surface area contributed by atoms with Gasteiger partial charge in [0.15, 0.2) is 0 Å². The van der Waals surface area contributed by atoms with Gasteiger partial charge >= 0.3 is 11.9 Å². The fourth-order valence-corrected chi connectivity index (χ4v) is 3.53. The normalized spacial score (nSPS) is 10.9. The van der Waals surface area contributed by atoms with E-state index >= 15 is 0 Å². The number of carbonyl (C=O) groups excluding carboxylic acids is 2. The molecule has 0 heterocycles. The minimum absolute atomic E-state index is 0.192. The number of carbonyl (C=O) groups is 2. The van der Waals surface area contributed by atoms with Gasteiger partial charge in [-0.15, -0.1) is 0 Å². The summed E-state index contributed by atoms with van der Waals surface area (Å²) in [4.78, 5) is 21.9. The van der Waals surface area contributed by atoms with Gasteiger partial charge in [0.25, 0.3) is 0 Å². The maximum absolute atomic E-state index is 10.9. The Bertz CT molecular complexity index is 930. The molecule has 8 heteroatoms. The molecule has 39 heavy (non-hydrogen) atoms. The zero-order chi connectivity index (χ0) is 28.3. The fraction of sp³-hybridized carbons (Fsp3) is 0.419. The average Bonchev–Trinajstić information content (AvgIpc) is 2.96. The Hall–Kier alpha value is -3.62. The van der Waals surface area contributed by atoms with Crippen LogP contribution in [0.1, 0.15) is 37.8 Å². The van der Waals surface area contributed by atoms with Crippen LogP contribution < -0.4 is 9.47 Å². The van der Waals surface area contributed by atoms with E-state index in [1.54, 1.807) is 0 Å². The zero-order valence-corrected chi connectivity index (χ0v) is 23.0. The number of benzene rings is 2. The number of hydrogen-bond acceptors (Lipinski definition) is 8. The van der Waals surface area contributed by atoms with E-state index in [2.05, 4.69) is 51.3 Å². The Morgan fingerprint density at radius 1 is 0.615 bits per heavy atom. The molecule has 0 bridgehead atoms. The van der Waals surface area contributed by atoms with Gasteiger partial charge in [-0.1, -0.05) is 51.3 Å². The molecule has 0 fully saturated rings. The Kier molecular flexibility index (Phi) is 14.4. The largest absolute Gasteiger partial charge is 0.494 e. The predicted molar refractivity (Wildman–Crippen MR) is 149 cm³/mol. The molecule has 0 aliphatic rings. The molecule has 2 aromatic carbocycles. The van der Waals surface area contributed by atoms with Crippen molar-refractivity contribution < 1.29 is 38.0 Å². The number of esters is 2. The molecule has 8 nitrogen and oxygen atoms in total. The van der Waals surface area contributed by atoms with Crippen molar-refractivity contribution in [3.05, 3.63) is 85.0 Å². The molecule has 0 N–H and O–H groups in total. The molecule has 2 rings (SSSR count). The molecule has 0 aliphatic carbocycles. The quantitative estimate of drug-likeness (QED) is 0.131. The van der Waals surface area contributed by atoms with E-state index < -0.39 is 11.9 Å². The maximum Gasteiger partial charge on any atom is 0.330 e. The van der Waals surface area contributed by atoms with Gasteiger partial charge in [0, 0.05) is 43.6 Å². The molecule has 0 spiro atoms. The number of rotatable bonds is 20. The van der Waals surface area contributed by atoms with Crippen molar-refractivity contribution in [3.8, 4) is 11.5 Å². The molecule has 0 amide bonds. The second-order valence-electron chi connectivity index (χ2n) is 9.05. The summed E-state index contributed by atoms with van der Waals surface area (Å²) in [5.74, 6) is 0.717. The van der Waals surface area contributed by atoms with Crippen molar-refractivity contribution in [1.29, 1.82) is 0 Å². The first-order valence-electron chi connectivity index (χ1n) is 13.1. The van der Waals surface area contributed by atoms with Crippen LogP contribution in [-0.2, 0) is 34.0 Å². The molecular weight excluding hydrogens is 500 g/mol. The highest BCUT2D eigenvalue weighted by Crippen LogP contribution is 2.33. The standard InChI is InChI=1S/C31H40O8/c1-5-29(32)38-23-21-34-17-7-19-36-27-13-9-25(10-14-27)31(3,4)26-11-15-28(16-12-26)37-20-8-18-35-22-24-39-30(33)6-2/h5-6,9-16H,1-2,7-8,17-24H2,3-4H3. The second-order valence-corrected chi connectivity index (χ2v) is 9.05. The lowest BCUT2D eigenvalue weighted by atomic mass is 9.78. The topological polar surface area (TPSA) is 89.5 Å². The van der Waals surface area contributed by atoms with Gasteiger partial charge in [-0.3, -0.25) is 0 Å². The van der Waals surface area contributed by atoms with Crippen molar-refractivity contribution in [3.63, 3.8) is 0 Å². The van der Waals surface area contributed by atoms with Crippen molar-refractivity contribution in [2.75, 3.05) is 52.9 Å². The molecule has 0 atom stereocenters. The van der Waals surface area contributed by atoms with Crippen LogP contribution in [0.15, 0.2) is 73.8 Å². The summed E-state index contributed by atoms with van der Waals surface area (Å²) in [6, 6.07) is 16.3. The summed E-state index contributed by atoms with van der Waals surface area (Å²) in [6.07, 6.45) is 3.73. The van der Waals surface area contributed by atoms with Crippen molar-refractivity contribution in [1.82, 2.24) is 0 Å². The fourth-order valence-electron chi connectivity index (χ4n) is 3.53. The first-order chi connectivity index (χ1) is 18.9. The minimum Gasteiger partial charge on any atom is -0.494 e. The minimum atomic E-state index is -0.447. The maximum atomic E-state index is 10.9. The van der Waals surface area contributed by atoms with E-state index in [9.17, 15) is 9.59 Å². The molecule has 2 aromatic rings. The van der Waals surface area contributed by atoms with Gasteiger partial charge in [-0.05, 0) is 35.4 Å². The van der Waals surface area contributed by atoms with Gasteiger partial charge < -0.3 is 28.4 Å². The monoisotopic (exact) mass is 540 g/mol. The van der Waals surface area contributed by atoms with Crippen molar-refractivity contribution >= 4 is 11.9 Å². The second kappa shape index (κ2) is 17.8. The summed E-state index contributed by atoms with van der Waals surface area (Å²) in [5, 5.41) is 0. The molecular formula is C31H40O8. The third-order valence-corrected chi connectivity index (χ3v) is 5.83. The van der Waals surface area contributed by atoms with Gasteiger partial charge in [0.05, 0.1) is 26.4 Å². The smallest absolute Gasteiger partial charge is 0.330 e. The predicted octanol–water partition coefficient (Wildman–Crippen LogP) is 5.04. The third-order valence-electron chi connectivity index (χ3n) is 5.83. The molecule has 0 aromatic heterocycles. The van der Waals surface area contributed by atoms with Gasteiger partial charge in [0.1, 0.15) is 24.7 Å². The van der Waals surface area contributed by atoms with E-state index in [1.165, 1.54) is 11.1 Å². The van der Waals surface area contributed by atoms with E-state index in [-0.39, 0.29) is 18.6 Å². The van der Waals surface area contributed by atoms with Crippen LogP contribution in [0.25, 0.3) is 0 Å². The van der Waals surface area contributed by atoms with E-state index in [1.807, 2.05) is 24.3 Å². The Labute approximate surface area is 231 Å². The first kappa shape index (κ1) is 31.6. The van der Waals surface area contributed by atoms with Crippen LogP contribution in [0.3, 0.4) is 0 Å². The summed E-state index contributed by atoms with van der Waals surface area (Å²) < 4.78 is 32.2. The highest BCUT2D eigenvalue weighted by atomic mass is 16.6. The average molecular weight is 541 g/mol. The third kappa shape index (κ3) is 12.2. The van der Waals surface area contributed by atoms with Gasteiger partial charge in [-0.25, -0.2) is 9.59 Å². The number of ether oxygens (including phenoxy) is 6. The van der Waals surface area contributed by atoms with Crippen LogP contribution in [-0.4, -0.2) is 64.8 Å². The lowest BCUT2D eigenvalue weighted by Crippen LogP contribution is -2.18. The first-order valence-corrected chi connectivity index (χ1v) is 13.1. The molecule has 0 unspecified atom stereocenters. The number of hydrogen-bond donors (Lipinski definition) is 0. The Morgan fingerprint density at radius 2 is 1.00 bits per heavy atom. The van der Waals surface area contributed by atoms with Crippen LogP contribution in [0.4, 0.5) is 0 Å². The Balaban J connectivity index is 1.67. The van der Waals surface area contributed by atoms with Crippen molar-refractivity contribution in [2.45, 2.75) is 32.1 Å². The lowest BCUT2D eigenvalue weighted by molar-refractivity contribution is -0.140. The van der Waals surface area contributed by atoms with E-state index in [0.717, 1.165) is 36.5 Å². The SMILES string of the molecule is C=CC(=O)OCCOCCCOc1ccc(C(C)(C)c2ccc(OCCCOCCOC(=O)C=C)cc2)cc1. The van der Waals surface area contributed by atoms with Crippen LogP contribution in [0.2, 0.25) is 0 Å². The molecule has 0 saturated heterocycles. The summed E-state index contributed by atoms with van der Waals surface area (Å²) >= 11 is 0. The lowest BCUT2D eigenvalue weighted by Gasteiger charge is -2.26. The zero-order valence-electron chi connectivity index (χ0n) is 23.0. The van der Waals surface area contributed by atoms with Crippen molar-refractivity contribution in [2.24, 2.45) is 0 Å². The molecule has 0 saturated carbocycles. The van der Waals surface area contributed by atoms with Crippen LogP contribution in [0.5, 0.6) is 11.5 Å². The summed E-state index contributed by atoms with van der Waals surface area (Å²) in [5.41, 5.74) is 2.16. The van der Waals surface area contributed by atoms with Crippen LogP contribution in [0, 0.1) is 0 Å². The molecule has 212 valence electrons. The summed E-state index contributed by atoms with van der Waals surface area (Å²) in [6.45, 7) is 14.3. The highest BCUT2D eigenvalue weighted by Gasteiger charge is 2.23. The molecule has 0 aliphatic heterocycles. The van der Waals surface area contributed by atoms with Gasteiger partial charge in [0.2, 0.25) is 0 Å². The summed E-state index contributed by atoms with van der Waals surface area (Å²) in [7, 11) is 0. The molecule has 0 radical (unpaired) electrons. The van der Waals surface area contributed by atoms with E-state index in [0.29, 0.717) is 39.6 Å². The van der Waals surface area contributed by atoms with E-state index in [4.69, 9.17) is 28.4 Å².